The summed E-state index contributed by atoms with van der Waals surface area (Å²) in [5, 5.41) is 0.768. The van der Waals surface area contributed by atoms with E-state index in [4.69, 9.17) is 17.3 Å². The summed E-state index contributed by atoms with van der Waals surface area (Å²) in [5.74, 6) is 1.86. The topological polar surface area (TPSA) is 26.0 Å². The summed E-state index contributed by atoms with van der Waals surface area (Å²) in [5.41, 5.74) is 6.65. The van der Waals surface area contributed by atoms with E-state index in [2.05, 4.69) is 13.8 Å². The number of rotatable bonds is 5. The molecule has 2 N–H and O–H groups in total. The number of nitrogen functional groups attached to an aromatic ring is 1. The number of nitrogens with two attached hydrogens (primary N) is 1. The lowest BCUT2D eigenvalue weighted by Crippen LogP contribution is -1.92. The minimum absolute atomic E-state index is 0.768. The normalized spacial score (nSPS) is 10.9. The molecule has 0 spiro atoms. The van der Waals surface area contributed by atoms with E-state index in [1.54, 1.807) is 11.8 Å². The number of hydrogen-bond acceptors (Lipinski definition) is 2. The van der Waals surface area contributed by atoms with Gasteiger partial charge in [0.25, 0.3) is 0 Å². The molecule has 0 radical (unpaired) electrons. The first-order valence-electron chi connectivity index (χ1n) is 5.28. The first-order chi connectivity index (χ1) is 7.11. The van der Waals surface area contributed by atoms with Crippen LogP contribution in [0.5, 0.6) is 0 Å². The van der Waals surface area contributed by atoms with Gasteiger partial charge in [-0.05, 0) is 30.2 Å². The fourth-order valence-corrected chi connectivity index (χ4v) is 2.64. The Hall–Kier alpha value is -0.340. The molecule has 1 aromatic carbocycles. The van der Waals surface area contributed by atoms with Crippen LogP contribution in [-0.4, -0.2) is 5.75 Å². The first-order valence-corrected chi connectivity index (χ1v) is 6.64. The van der Waals surface area contributed by atoms with Crippen molar-refractivity contribution < 1.29 is 0 Å². The molecule has 0 atom stereocenters. The predicted octanol–water partition coefficient (Wildman–Crippen LogP) is 4.45. The Morgan fingerprint density at radius 3 is 2.73 bits per heavy atom. The highest BCUT2D eigenvalue weighted by molar-refractivity contribution is 7.99. The molecule has 0 aliphatic rings. The molecule has 0 fully saturated rings. The molecule has 0 heterocycles. The number of benzene rings is 1. The maximum absolute atomic E-state index is 6.07. The van der Waals surface area contributed by atoms with Gasteiger partial charge in [-0.1, -0.05) is 37.9 Å². The average Bonchev–Trinajstić information content (AvgIpc) is 2.15. The van der Waals surface area contributed by atoms with E-state index < -0.39 is 0 Å². The van der Waals surface area contributed by atoms with Gasteiger partial charge in [0.1, 0.15) is 0 Å². The molecule has 1 rings (SSSR count). The van der Waals surface area contributed by atoms with Crippen LogP contribution in [0.15, 0.2) is 23.1 Å². The van der Waals surface area contributed by atoms with E-state index >= 15 is 0 Å². The minimum atomic E-state index is 0.768. The molecule has 1 aromatic rings. The summed E-state index contributed by atoms with van der Waals surface area (Å²) < 4.78 is 0. The van der Waals surface area contributed by atoms with Crippen LogP contribution < -0.4 is 5.73 Å². The van der Waals surface area contributed by atoms with Crippen LogP contribution in [-0.2, 0) is 0 Å². The third-order valence-corrected chi connectivity index (χ3v) is 3.83. The number of anilines is 1. The van der Waals surface area contributed by atoms with Gasteiger partial charge in [-0.15, -0.1) is 11.8 Å². The van der Waals surface area contributed by atoms with Gasteiger partial charge in [-0.2, -0.15) is 0 Å². The van der Waals surface area contributed by atoms with Crippen molar-refractivity contribution in [3.63, 3.8) is 0 Å². The minimum Gasteiger partial charge on any atom is -0.398 e. The molecular formula is C12H18ClNS. The van der Waals surface area contributed by atoms with Gasteiger partial charge in [0.2, 0.25) is 0 Å². The first kappa shape index (κ1) is 12.7. The SMILES string of the molecule is CC(C)CCCSc1c(N)cccc1Cl. The van der Waals surface area contributed by atoms with Crippen LogP contribution in [0.3, 0.4) is 0 Å². The zero-order valence-corrected chi connectivity index (χ0v) is 10.9. The molecule has 0 saturated heterocycles. The summed E-state index contributed by atoms with van der Waals surface area (Å²) >= 11 is 7.83. The highest BCUT2D eigenvalue weighted by Crippen LogP contribution is 2.33. The standard InChI is InChI=1S/C12H18ClNS/c1-9(2)5-4-8-15-12-10(13)6-3-7-11(12)14/h3,6-7,9H,4-5,8,14H2,1-2H3. The second kappa shape index (κ2) is 6.29. The number of thioether (sulfide) groups is 1. The number of hydrogen-bond donors (Lipinski definition) is 1. The maximum Gasteiger partial charge on any atom is 0.0562 e. The van der Waals surface area contributed by atoms with Crippen LogP contribution >= 0.6 is 23.4 Å². The van der Waals surface area contributed by atoms with E-state index in [1.165, 1.54) is 12.8 Å². The molecule has 0 aliphatic carbocycles. The maximum atomic E-state index is 6.07. The fourth-order valence-electron chi connectivity index (χ4n) is 1.34. The van der Waals surface area contributed by atoms with Gasteiger partial charge >= 0.3 is 0 Å². The van der Waals surface area contributed by atoms with Crippen molar-refractivity contribution in [3.05, 3.63) is 23.2 Å². The molecule has 0 aliphatic heterocycles. The van der Waals surface area contributed by atoms with Crippen molar-refractivity contribution in [1.29, 1.82) is 0 Å². The highest BCUT2D eigenvalue weighted by atomic mass is 35.5. The van der Waals surface area contributed by atoms with Crippen molar-refractivity contribution in [2.24, 2.45) is 5.92 Å². The molecule has 84 valence electrons. The summed E-state index contributed by atoms with van der Waals surface area (Å²) in [6.45, 7) is 4.49. The lowest BCUT2D eigenvalue weighted by atomic mass is 10.1. The fraction of sp³-hybridized carbons (Fsp3) is 0.500. The van der Waals surface area contributed by atoms with Gasteiger partial charge in [-0.25, -0.2) is 0 Å². The average molecular weight is 244 g/mol. The van der Waals surface area contributed by atoms with Crippen LogP contribution in [0.1, 0.15) is 26.7 Å². The van der Waals surface area contributed by atoms with Gasteiger partial charge < -0.3 is 5.73 Å². The molecule has 0 amide bonds. The summed E-state index contributed by atoms with van der Waals surface area (Å²) in [6, 6.07) is 5.68. The van der Waals surface area contributed by atoms with Gasteiger partial charge in [0.05, 0.1) is 5.02 Å². The quantitative estimate of drug-likeness (QED) is 0.470. The zero-order chi connectivity index (χ0) is 11.3. The lowest BCUT2D eigenvalue weighted by Gasteiger charge is -2.08. The van der Waals surface area contributed by atoms with Crippen molar-refractivity contribution in [2.75, 3.05) is 11.5 Å². The zero-order valence-electron chi connectivity index (χ0n) is 9.29. The van der Waals surface area contributed by atoms with E-state index in [9.17, 15) is 0 Å². The van der Waals surface area contributed by atoms with Crippen molar-refractivity contribution in [3.8, 4) is 0 Å². The van der Waals surface area contributed by atoms with Crippen molar-refractivity contribution in [1.82, 2.24) is 0 Å². The Kier molecular flexibility index (Phi) is 5.34. The van der Waals surface area contributed by atoms with Gasteiger partial charge in [0.15, 0.2) is 0 Å². The summed E-state index contributed by atoms with van der Waals surface area (Å²) in [6.07, 6.45) is 2.48. The molecule has 0 saturated carbocycles. The monoisotopic (exact) mass is 243 g/mol. The van der Waals surface area contributed by atoms with Crippen LogP contribution in [0.2, 0.25) is 5.02 Å². The van der Waals surface area contributed by atoms with E-state index in [0.717, 1.165) is 27.3 Å². The Bertz CT molecular complexity index is 292. The molecule has 0 aromatic heterocycles. The molecule has 0 unspecified atom stereocenters. The second-order valence-corrected chi connectivity index (χ2v) is 5.56. The van der Waals surface area contributed by atoms with E-state index in [0.29, 0.717) is 0 Å². The Morgan fingerprint density at radius 2 is 2.13 bits per heavy atom. The smallest absolute Gasteiger partial charge is 0.0562 e. The Morgan fingerprint density at radius 1 is 1.40 bits per heavy atom. The van der Waals surface area contributed by atoms with Crippen molar-refractivity contribution in [2.45, 2.75) is 31.6 Å². The van der Waals surface area contributed by atoms with Gasteiger partial charge in [-0.3, -0.25) is 0 Å². The third-order valence-electron chi connectivity index (χ3n) is 2.17. The molecule has 3 heteroatoms. The van der Waals surface area contributed by atoms with Gasteiger partial charge in [0, 0.05) is 10.6 Å². The lowest BCUT2D eigenvalue weighted by molar-refractivity contribution is 0.579. The molecular weight excluding hydrogens is 226 g/mol. The van der Waals surface area contributed by atoms with Crippen molar-refractivity contribution >= 4 is 29.1 Å². The Balaban J connectivity index is 2.43. The second-order valence-electron chi connectivity index (χ2n) is 4.04. The Labute approximate surface area is 101 Å². The predicted molar refractivity (Wildman–Crippen MR) is 70.7 cm³/mol. The summed E-state index contributed by atoms with van der Waals surface area (Å²) in [7, 11) is 0. The molecule has 15 heavy (non-hydrogen) atoms. The largest absolute Gasteiger partial charge is 0.398 e. The molecule has 1 nitrogen and oxygen atoms in total. The highest BCUT2D eigenvalue weighted by Gasteiger charge is 2.04. The van der Waals surface area contributed by atoms with E-state index in [-0.39, 0.29) is 0 Å². The number of halogens is 1. The van der Waals surface area contributed by atoms with E-state index in [1.807, 2.05) is 18.2 Å². The van der Waals surface area contributed by atoms with Crippen LogP contribution in [0, 0.1) is 5.92 Å². The third kappa shape index (κ3) is 4.35. The van der Waals surface area contributed by atoms with Crippen LogP contribution in [0.4, 0.5) is 5.69 Å². The molecule has 0 bridgehead atoms. The summed E-state index contributed by atoms with van der Waals surface area (Å²) in [4.78, 5) is 1.03. The van der Waals surface area contributed by atoms with Crippen LogP contribution in [0.25, 0.3) is 0 Å².